The molecule has 0 aromatic heterocycles. The molecule has 7 aliphatic carbocycles. The van der Waals surface area contributed by atoms with Crippen molar-refractivity contribution in [1.82, 2.24) is 0 Å². The normalized spacial score (nSPS) is 29.5. The number of hydrogen-bond acceptors (Lipinski definition) is 1. The number of benzene rings is 6. The molecular weight excluding hydrogens is 712 g/mol. The highest BCUT2D eigenvalue weighted by Crippen LogP contribution is 2.76. The van der Waals surface area contributed by atoms with E-state index in [0.29, 0.717) is 23.7 Å². The molecule has 1 heterocycles. The van der Waals surface area contributed by atoms with Crippen LogP contribution in [0.4, 0.5) is 36.4 Å². The molecule has 10 aromatic carbocycles. The molecular formula is C47H16F7N. The first-order chi connectivity index (χ1) is 26.7. The molecule has 0 N–H and O–H groups in total. The van der Waals surface area contributed by atoms with Gasteiger partial charge in [-0.2, -0.15) is 13.2 Å². The van der Waals surface area contributed by atoms with Crippen molar-refractivity contribution in [1.29, 1.82) is 0 Å². The first-order valence-electron chi connectivity index (χ1n) is 19.1. The van der Waals surface area contributed by atoms with Crippen molar-refractivity contribution < 1.29 is 30.7 Å². The number of halogens is 7. The summed E-state index contributed by atoms with van der Waals surface area (Å²) in [5.41, 5.74) is 4.89. The topological polar surface area (TPSA) is 3.01 Å². The maximum absolute atomic E-state index is 16.1. The van der Waals surface area contributed by atoms with E-state index >= 15 is 17.6 Å². The number of nitrogens with zero attached hydrogens (tertiary/aromatic N) is 1. The molecule has 0 amide bonds. The Kier molecular flexibility index (Phi) is 3.29. The van der Waals surface area contributed by atoms with Crippen LogP contribution in [-0.4, -0.2) is 0 Å². The van der Waals surface area contributed by atoms with Crippen LogP contribution in [0.25, 0.3) is 97.8 Å². The lowest BCUT2D eigenvalue weighted by Gasteiger charge is -2.37. The molecule has 8 unspecified atom stereocenters. The van der Waals surface area contributed by atoms with Gasteiger partial charge in [0.1, 0.15) is 11.3 Å². The fourth-order valence-corrected chi connectivity index (χ4v) is 15.6. The van der Waals surface area contributed by atoms with Gasteiger partial charge in [0.05, 0.1) is 12.1 Å². The Labute approximate surface area is 302 Å². The second-order valence-electron chi connectivity index (χ2n) is 17.9. The Morgan fingerprint density at radius 2 is 1.15 bits per heavy atom. The highest BCUT2D eigenvalue weighted by molar-refractivity contribution is 6.57. The van der Waals surface area contributed by atoms with Crippen LogP contribution in [0.2, 0.25) is 0 Å². The lowest BCUT2D eigenvalue weighted by molar-refractivity contribution is -0.143. The third kappa shape index (κ3) is 2.03. The van der Waals surface area contributed by atoms with Gasteiger partial charge in [-0.15, -0.1) is 0 Å². The van der Waals surface area contributed by atoms with Gasteiger partial charge in [-0.05, 0) is 148 Å². The van der Waals surface area contributed by atoms with Crippen molar-refractivity contribution in [3.8, 4) is 0 Å². The maximum Gasteiger partial charge on any atom is 0.422 e. The third-order valence-corrected chi connectivity index (χ3v) is 16.7. The smallest absolute Gasteiger partial charge is 0.348 e. The summed E-state index contributed by atoms with van der Waals surface area (Å²) in [7, 11) is 0. The van der Waals surface area contributed by atoms with Crippen LogP contribution in [0.5, 0.6) is 0 Å². The lowest BCUT2D eigenvalue weighted by Crippen LogP contribution is -2.31. The van der Waals surface area contributed by atoms with Crippen LogP contribution >= 0.6 is 0 Å². The minimum Gasteiger partial charge on any atom is -0.348 e. The predicted octanol–water partition coefficient (Wildman–Crippen LogP) is 11.9. The average molecular weight is 728 g/mol. The van der Waals surface area contributed by atoms with Crippen LogP contribution in [0.15, 0.2) is 42.5 Å². The molecule has 2 fully saturated rings. The molecule has 18 rings (SSSR count). The van der Waals surface area contributed by atoms with Crippen LogP contribution in [0, 0.1) is 41.0 Å². The molecule has 258 valence electrons. The van der Waals surface area contributed by atoms with E-state index in [1.807, 2.05) is 0 Å². The first-order valence-corrected chi connectivity index (χ1v) is 19.1. The standard InChI is InChI=1S/C47H16F7N/c48-40-39(47(52,53)54)41(49)43(51)46(42(40)50)55-44-25-15-7-5-13-11-3-1-9-10-2-4-12-14-6-8-16-24-22(14)29-20(12)18(10)27-17(9)19(11)28-21(13)23(15)30-32(25)33(26(16)45(44)55)31(24)38-36(29)34(27)35(28)37(30)38/h1-9,11,13,17,19,21,44-45H. The number of alkyl halides is 3. The van der Waals surface area contributed by atoms with Gasteiger partial charge in [0.25, 0.3) is 0 Å². The van der Waals surface area contributed by atoms with Crippen molar-refractivity contribution in [2.75, 3.05) is 4.90 Å². The van der Waals surface area contributed by atoms with Crippen molar-refractivity contribution in [2.24, 2.45) is 17.8 Å². The Morgan fingerprint density at radius 3 is 1.95 bits per heavy atom. The zero-order chi connectivity index (χ0) is 35.7. The van der Waals surface area contributed by atoms with E-state index < -0.39 is 52.8 Å². The van der Waals surface area contributed by atoms with Crippen LogP contribution in [0.3, 0.4) is 0 Å². The van der Waals surface area contributed by atoms with Crippen LogP contribution < -0.4 is 10.1 Å². The fraction of sp³-hybridized carbons (Fsp3) is 0.191. The Morgan fingerprint density at radius 1 is 0.509 bits per heavy atom. The van der Waals surface area contributed by atoms with E-state index in [0.717, 1.165) is 43.6 Å². The van der Waals surface area contributed by atoms with E-state index in [2.05, 4.69) is 48.6 Å². The first kappa shape index (κ1) is 26.2. The molecule has 1 aliphatic heterocycles. The lowest BCUT2D eigenvalue weighted by atomic mass is 9.65. The maximum atomic E-state index is 16.1. The molecule has 0 spiro atoms. The Hall–Kier alpha value is -5.63. The van der Waals surface area contributed by atoms with Gasteiger partial charge < -0.3 is 4.90 Å². The molecule has 8 aliphatic rings. The molecule has 55 heavy (non-hydrogen) atoms. The summed E-state index contributed by atoms with van der Waals surface area (Å²) in [6.45, 7) is 0. The molecule has 0 radical (unpaired) electrons. The van der Waals surface area contributed by atoms with E-state index in [1.54, 1.807) is 0 Å². The molecule has 8 heteroatoms. The summed E-state index contributed by atoms with van der Waals surface area (Å²) in [5, 5.41) is 20.9. The highest BCUT2D eigenvalue weighted by Gasteiger charge is 2.64. The second-order valence-corrected chi connectivity index (χ2v) is 17.9. The number of hydrogen-bond donors (Lipinski definition) is 0. The van der Waals surface area contributed by atoms with Gasteiger partial charge in [-0.25, -0.2) is 17.6 Å². The van der Waals surface area contributed by atoms with Gasteiger partial charge in [0, 0.05) is 17.8 Å². The number of fused-ring (bicyclic) bond motifs is 8. The number of anilines is 1. The Bertz CT molecular complexity index is 3840. The molecule has 0 bridgehead atoms. The Balaban J connectivity index is 1.12. The number of rotatable bonds is 1. The summed E-state index contributed by atoms with van der Waals surface area (Å²) in [5.74, 6) is -7.18. The van der Waals surface area contributed by atoms with Gasteiger partial charge in [0.15, 0.2) is 23.3 Å². The van der Waals surface area contributed by atoms with Gasteiger partial charge in [0.2, 0.25) is 0 Å². The van der Waals surface area contributed by atoms with Gasteiger partial charge in [-0.3, -0.25) is 0 Å². The minimum atomic E-state index is -5.62. The van der Waals surface area contributed by atoms with Crippen LogP contribution in [0.1, 0.15) is 68.8 Å². The summed E-state index contributed by atoms with van der Waals surface area (Å²) < 4.78 is 105. The van der Waals surface area contributed by atoms with Crippen molar-refractivity contribution >= 4 is 104 Å². The quantitative estimate of drug-likeness (QED) is 0.0535. The average Bonchev–Trinajstić information content (AvgIpc) is 3.70. The van der Waals surface area contributed by atoms with E-state index in [9.17, 15) is 13.2 Å². The fourth-order valence-electron chi connectivity index (χ4n) is 15.6. The van der Waals surface area contributed by atoms with Crippen molar-refractivity contribution in [2.45, 2.75) is 36.0 Å². The summed E-state index contributed by atoms with van der Waals surface area (Å²) in [6.07, 6.45) is 3.89. The minimum absolute atomic E-state index is 0.125. The summed E-state index contributed by atoms with van der Waals surface area (Å²) in [6, 6.07) is 7.52. The van der Waals surface area contributed by atoms with Gasteiger partial charge in [-0.1, -0.05) is 48.6 Å². The SMILES string of the molecule is Fc1c(F)c(C(F)(F)F)c(F)c(F)c1N1C2c3c4c5c6c3c3c(c7ccc8c9ccc%10c%11c%12c%13c(c6c6c%13c(c%119)c8c7c36)=C3C5C(C=C4)C4C=CC%10C%12C34)C21. The molecule has 8 atom stereocenters. The molecule has 1 saturated carbocycles. The van der Waals surface area contributed by atoms with Gasteiger partial charge >= 0.3 is 6.18 Å². The largest absolute Gasteiger partial charge is 0.422 e. The monoisotopic (exact) mass is 727 g/mol. The molecule has 10 aromatic rings. The third-order valence-electron chi connectivity index (χ3n) is 16.7. The zero-order valence-electron chi connectivity index (χ0n) is 27.8. The zero-order valence-corrected chi connectivity index (χ0v) is 27.8. The predicted molar refractivity (Wildman–Crippen MR) is 197 cm³/mol. The number of allylic oxidation sites excluding steroid dienone is 3. The van der Waals surface area contributed by atoms with E-state index in [1.165, 1.54) is 91.6 Å². The van der Waals surface area contributed by atoms with E-state index in [4.69, 9.17) is 0 Å². The van der Waals surface area contributed by atoms with Crippen LogP contribution in [-0.2, 0) is 6.18 Å². The summed E-state index contributed by atoms with van der Waals surface area (Å²) >= 11 is 0. The highest BCUT2D eigenvalue weighted by atomic mass is 19.4. The molecule has 1 nitrogen and oxygen atoms in total. The summed E-state index contributed by atoms with van der Waals surface area (Å²) in [4.78, 5) is 1.34. The van der Waals surface area contributed by atoms with E-state index in [-0.39, 0.29) is 11.8 Å². The second kappa shape index (κ2) is 6.91. The van der Waals surface area contributed by atoms with Crippen molar-refractivity contribution in [3.05, 3.63) is 110 Å². The molecule has 1 saturated heterocycles. The van der Waals surface area contributed by atoms with Crippen molar-refractivity contribution in [3.63, 3.8) is 0 Å².